The molecule has 3 nitrogen and oxygen atoms in total. The quantitative estimate of drug-likeness (QED) is 0.608. The summed E-state index contributed by atoms with van der Waals surface area (Å²) in [6.45, 7) is -0.0252. The number of rotatable bonds is 2. The Bertz CT molecular complexity index is 971. The fourth-order valence-electron chi connectivity index (χ4n) is 3.20. The first kappa shape index (κ1) is 13.0. The molecular formula is C19H16N2O. The van der Waals surface area contributed by atoms with Gasteiger partial charge in [-0.3, -0.25) is 4.98 Å². The number of hydrogen-bond donors (Lipinski definition) is 1. The van der Waals surface area contributed by atoms with Crippen molar-refractivity contribution < 1.29 is 5.11 Å². The molecule has 0 aliphatic rings. The Kier molecular flexibility index (Phi) is 2.94. The van der Waals surface area contributed by atoms with E-state index in [4.69, 9.17) is 0 Å². The van der Waals surface area contributed by atoms with Crippen LogP contribution in [-0.4, -0.2) is 14.7 Å². The number of pyridine rings is 1. The van der Waals surface area contributed by atoms with Crippen LogP contribution in [0.4, 0.5) is 0 Å². The second-order valence-electron chi connectivity index (χ2n) is 5.45. The molecule has 0 aliphatic heterocycles. The SMILES string of the molecule is Cn1c2ccccc2c2c(CO)c(-c3ccccc3)ncc21. The van der Waals surface area contributed by atoms with Crippen LogP contribution in [0.25, 0.3) is 33.1 Å². The molecule has 2 aromatic heterocycles. The van der Waals surface area contributed by atoms with E-state index in [1.165, 1.54) is 0 Å². The largest absolute Gasteiger partial charge is 0.392 e. The van der Waals surface area contributed by atoms with Crippen LogP contribution in [-0.2, 0) is 13.7 Å². The number of para-hydroxylation sites is 1. The average Bonchev–Trinajstić information content (AvgIpc) is 2.88. The van der Waals surface area contributed by atoms with Gasteiger partial charge in [0.05, 0.1) is 24.0 Å². The van der Waals surface area contributed by atoms with Crippen LogP contribution in [0.15, 0.2) is 60.8 Å². The monoisotopic (exact) mass is 288 g/mol. The van der Waals surface area contributed by atoms with Gasteiger partial charge in [0, 0.05) is 34.5 Å². The second kappa shape index (κ2) is 4.97. The standard InChI is InChI=1S/C19H16N2O/c1-21-16-10-6-5-9-14(16)18-15(12-22)19(20-11-17(18)21)13-7-3-2-4-8-13/h2-11,22H,12H2,1H3. The summed E-state index contributed by atoms with van der Waals surface area (Å²) in [7, 11) is 2.04. The molecule has 0 saturated carbocycles. The Labute approximate surface area is 128 Å². The number of nitrogens with zero attached hydrogens (tertiary/aromatic N) is 2. The number of hydrogen-bond acceptors (Lipinski definition) is 2. The van der Waals surface area contributed by atoms with E-state index < -0.39 is 0 Å². The highest BCUT2D eigenvalue weighted by Gasteiger charge is 2.16. The molecule has 22 heavy (non-hydrogen) atoms. The minimum atomic E-state index is -0.0252. The number of aromatic nitrogens is 2. The zero-order valence-corrected chi connectivity index (χ0v) is 12.3. The summed E-state index contributed by atoms with van der Waals surface area (Å²) in [5.41, 5.74) is 4.97. The fraction of sp³-hybridized carbons (Fsp3) is 0.105. The molecule has 0 fully saturated rings. The highest BCUT2D eigenvalue weighted by Crippen LogP contribution is 2.34. The van der Waals surface area contributed by atoms with Crippen LogP contribution in [0, 0.1) is 0 Å². The molecular weight excluding hydrogens is 272 g/mol. The van der Waals surface area contributed by atoms with Crippen molar-refractivity contribution in [2.45, 2.75) is 6.61 Å². The van der Waals surface area contributed by atoms with Gasteiger partial charge < -0.3 is 9.67 Å². The third kappa shape index (κ3) is 1.76. The normalized spacial score (nSPS) is 11.4. The van der Waals surface area contributed by atoms with Gasteiger partial charge in [-0.2, -0.15) is 0 Å². The van der Waals surface area contributed by atoms with Gasteiger partial charge in [-0.05, 0) is 6.07 Å². The summed E-state index contributed by atoms with van der Waals surface area (Å²) < 4.78 is 2.13. The molecule has 2 aromatic carbocycles. The van der Waals surface area contributed by atoms with Crippen LogP contribution in [0.1, 0.15) is 5.56 Å². The Morgan fingerprint density at radius 2 is 1.68 bits per heavy atom. The maximum absolute atomic E-state index is 10.00. The molecule has 0 bridgehead atoms. The minimum Gasteiger partial charge on any atom is -0.392 e. The number of aryl methyl sites for hydroxylation is 1. The van der Waals surface area contributed by atoms with Crippen LogP contribution >= 0.6 is 0 Å². The third-order valence-corrected chi connectivity index (χ3v) is 4.26. The van der Waals surface area contributed by atoms with Crippen LogP contribution in [0.2, 0.25) is 0 Å². The van der Waals surface area contributed by atoms with E-state index in [-0.39, 0.29) is 6.61 Å². The molecule has 2 heterocycles. The van der Waals surface area contributed by atoms with Crippen molar-refractivity contribution in [1.29, 1.82) is 0 Å². The average molecular weight is 288 g/mol. The summed E-state index contributed by atoms with van der Waals surface area (Å²) in [6.07, 6.45) is 1.90. The summed E-state index contributed by atoms with van der Waals surface area (Å²) in [5, 5.41) is 12.2. The summed E-state index contributed by atoms with van der Waals surface area (Å²) in [4.78, 5) is 4.62. The smallest absolute Gasteiger partial charge is 0.0765 e. The number of aliphatic hydroxyl groups excluding tert-OH is 1. The first-order chi connectivity index (χ1) is 10.8. The first-order valence-electron chi connectivity index (χ1n) is 7.32. The molecule has 4 aromatic rings. The first-order valence-corrected chi connectivity index (χ1v) is 7.32. The Hall–Kier alpha value is -2.65. The van der Waals surface area contributed by atoms with Gasteiger partial charge in [-0.25, -0.2) is 0 Å². The lowest BCUT2D eigenvalue weighted by Gasteiger charge is -2.09. The van der Waals surface area contributed by atoms with Gasteiger partial charge in [0.1, 0.15) is 0 Å². The van der Waals surface area contributed by atoms with E-state index in [9.17, 15) is 5.11 Å². The van der Waals surface area contributed by atoms with Gasteiger partial charge in [0.2, 0.25) is 0 Å². The van der Waals surface area contributed by atoms with Crippen molar-refractivity contribution >= 4 is 21.8 Å². The topological polar surface area (TPSA) is 38.0 Å². The van der Waals surface area contributed by atoms with Crippen LogP contribution in [0.5, 0.6) is 0 Å². The van der Waals surface area contributed by atoms with Crippen LogP contribution in [0.3, 0.4) is 0 Å². The summed E-state index contributed by atoms with van der Waals surface area (Å²) >= 11 is 0. The van der Waals surface area contributed by atoms with Crippen molar-refractivity contribution in [2.75, 3.05) is 0 Å². The zero-order valence-electron chi connectivity index (χ0n) is 12.3. The zero-order chi connectivity index (χ0) is 15.1. The van der Waals surface area contributed by atoms with Gasteiger partial charge in [-0.1, -0.05) is 48.5 Å². The molecule has 0 atom stereocenters. The molecule has 0 saturated heterocycles. The van der Waals surface area contributed by atoms with Gasteiger partial charge >= 0.3 is 0 Å². The molecule has 1 N–H and O–H groups in total. The lowest BCUT2D eigenvalue weighted by atomic mass is 10.0. The molecule has 108 valence electrons. The predicted octanol–water partition coefficient (Wildman–Crippen LogP) is 3.89. The highest BCUT2D eigenvalue weighted by atomic mass is 16.3. The van der Waals surface area contributed by atoms with Gasteiger partial charge in [0.25, 0.3) is 0 Å². The van der Waals surface area contributed by atoms with Gasteiger partial charge in [-0.15, -0.1) is 0 Å². The maximum Gasteiger partial charge on any atom is 0.0765 e. The second-order valence-corrected chi connectivity index (χ2v) is 5.45. The fourth-order valence-corrected chi connectivity index (χ4v) is 3.20. The van der Waals surface area contributed by atoms with E-state index in [1.54, 1.807) is 0 Å². The Morgan fingerprint density at radius 1 is 0.955 bits per heavy atom. The molecule has 0 unspecified atom stereocenters. The molecule has 4 rings (SSSR count). The number of fused-ring (bicyclic) bond motifs is 3. The van der Waals surface area contributed by atoms with E-state index in [2.05, 4.69) is 21.7 Å². The molecule has 3 heteroatoms. The third-order valence-electron chi connectivity index (χ3n) is 4.26. The predicted molar refractivity (Wildman–Crippen MR) is 89.6 cm³/mol. The van der Waals surface area contributed by atoms with Crippen molar-refractivity contribution in [3.05, 3.63) is 66.4 Å². The Balaban J connectivity index is 2.16. The molecule has 0 radical (unpaired) electrons. The lowest BCUT2D eigenvalue weighted by molar-refractivity contribution is 0.283. The number of benzene rings is 2. The van der Waals surface area contributed by atoms with Crippen molar-refractivity contribution in [3.63, 3.8) is 0 Å². The van der Waals surface area contributed by atoms with E-state index in [0.29, 0.717) is 0 Å². The highest BCUT2D eigenvalue weighted by molar-refractivity contribution is 6.10. The summed E-state index contributed by atoms with van der Waals surface area (Å²) in [6, 6.07) is 18.3. The maximum atomic E-state index is 10.00. The summed E-state index contributed by atoms with van der Waals surface area (Å²) in [5.74, 6) is 0. The Morgan fingerprint density at radius 3 is 2.45 bits per heavy atom. The molecule has 0 amide bonds. The van der Waals surface area contributed by atoms with E-state index >= 15 is 0 Å². The lowest BCUT2D eigenvalue weighted by Crippen LogP contribution is -1.96. The molecule has 0 aliphatic carbocycles. The van der Waals surface area contributed by atoms with Crippen molar-refractivity contribution in [3.8, 4) is 11.3 Å². The number of aliphatic hydroxyl groups is 1. The van der Waals surface area contributed by atoms with E-state index in [1.807, 2.05) is 55.7 Å². The minimum absolute atomic E-state index is 0.0252. The van der Waals surface area contributed by atoms with Gasteiger partial charge in [0.15, 0.2) is 0 Å². The van der Waals surface area contributed by atoms with Crippen molar-refractivity contribution in [2.24, 2.45) is 7.05 Å². The van der Waals surface area contributed by atoms with Crippen molar-refractivity contribution in [1.82, 2.24) is 9.55 Å². The van der Waals surface area contributed by atoms with E-state index in [0.717, 1.165) is 38.6 Å². The van der Waals surface area contributed by atoms with Crippen LogP contribution < -0.4 is 0 Å². The molecule has 0 spiro atoms.